The molecule has 0 saturated carbocycles. The Morgan fingerprint density at radius 2 is 0.860 bits per heavy atom. The van der Waals surface area contributed by atoms with E-state index in [1.54, 1.807) is 4.98 Å². The van der Waals surface area contributed by atoms with Gasteiger partial charge < -0.3 is 0 Å². The van der Waals surface area contributed by atoms with Crippen LogP contribution in [0.15, 0.2) is 37.4 Å². The molecule has 0 aliphatic carbocycles. The van der Waals surface area contributed by atoms with Crippen molar-refractivity contribution in [3.8, 4) is 0 Å². The molecule has 6 nitrogen and oxygen atoms in total. The van der Waals surface area contributed by atoms with Crippen LogP contribution in [0.2, 0.25) is 0 Å². The molecule has 4 heterocycles. The maximum Gasteiger partial charge on any atom is 0.460 e. The van der Waals surface area contributed by atoms with Gasteiger partial charge in [-0.3, -0.25) is 29.1 Å². The predicted molar refractivity (Wildman–Crippen MR) is 115 cm³/mol. The quantitative estimate of drug-likeness (QED) is 0.275. The Labute approximate surface area is 222 Å². The van der Waals surface area contributed by atoms with Crippen molar-refractivity contribution in [2.75, 3.05) is 0 Å². The maximum atomic E-state index is 14.8. The molecular weight excluding hydrogens is 641 g/mol. The van der Waals surface area contributed by atoms with Gasteiger partial charge in [0, 0.05) is 33.4 Å². The molecule has 2 aromatic carbocycles. The SMILES string of the molecule is O=c1[nH]c(=O)c2ccc1c1c3cc(CC(F)(F)C(F)(F)C(F)(F)C(F)(F)C(F)(F)C(F)(F)C(F)(F)F)c(c(=O)[nH]c3=O)c21. The number of aromatic amines is 2. The minimum Gasteiger partial charge on any atom is -0.288 e. The van der Waals surface area contributed by atoms with E-state index in [-0.39, 0.29) is 6.07 Å². The highest BCUT2D eigenvalue weighted by Gasteiger charge is 2.93. The van der Waals surface area contributed by atoms with Crippen LogP contribution < -0.4 is 22.2 Å². The van der Waals surface area contributed by atoms with E-state index in [1.165, 1.54) is 4.98 Å². The van der Waals surface area contributed by atoms with Gasteiger partial charge in [0.05, 0.1) is 5.39 Å². The average Bonchev–Trinajstić information content (AvgIpc) is 3.16. The molecule has 6 rings (SSSR count). The van der Waals surface area contributed by atoms with Crippen molar-refractivity contribution in [3.63, 3.8) is 0 Å². The Balaban J connectivity index is 1.98. The van der Waals surface area contributed by atoms with Crippen LogP contribution in [0.1, 0.15) is 5.56 Å². The molecule has 0 saturated heterocycles. The molecule has 4 bridgehead atoms. The first-order chi connectivity index (χ1) is 19.2. The lowest BCUT2D eigenvalue weighted by molar-refractivity contribution is -0.452. The molecule has 234 valence electrons. The van der Waals surface area contributed by atoms with Crippen LogP contribution in [0.25, 0.3) is 32.3 Å². The van der Waals surface area contributed by atoms with E-state index in [1.807, 2.05) is 0 Å². The second-order valence-electron chi connectivity index (χ2n) is 9.19. The molecule has 0 aliphatic rings. The van der Waals surface area contributed by atoms with E-state index in [9.17, 15) is 85.0 Å². The number of halogens is 15. The fraction of sp³-hybridized carbons (Fsp3) is 0.364. The van der Waals surface area contributed by atoms with Crippen molar-refractivity contribution in [3.05, 3.63) is 65.2 Å². The Bertz CT molecular complexity index is 2000. The average molecular weight is 648 g/mol. The largest absolute Gasteiger partial charge is 0.460 e. The summed E-state index contributed by atoms with van der Waals surface area (Å²) in [6.07, 6.45) is -10.8. The number of benzene rings is 2. The van der Waals surface area contributed by atoms with Crippen LogP contribution in [-0.4, -0.2) is 51.7 Å². The topological polar surface area (TPSA) is 99.9 Å². The minimum absolute atomic E-state index is 0.112. The van der Waals surface area contributed by atoms with Crippen LogP contribution in [0.4, 0.5) is 65.9 Å². The molecule has 0 fully saturated rings. The number of rotatable bonds is 7. The van der Waals surface area contributed by atoms with Crippen LogP contribution >= 0.6 is 0 Å². The van der Waals surface area contributed by atoms with Gasteiger partial charge in [0.2, 0.25) is 0 Å². The van der Waals surface area contributed by atoms with Gasteiger partial charge in [0.15, 0.2) is 0 Å². The molecule has 0 spiro atoms. The summed E-state index contributed by atoms with van der Waals surface area (Å²) in [4.78, 5) is 53.0. The van der Waals surface area contributed by atoms with E-state index in [4.69, 9.17) is 0 Å². The zero-order chi connectivity index (χ0) is 33.1. The molecule has 21 heteroatoms. The van der Waals surface area contributed by atoms with E-state index in [2.05, 4.69) is 0 Å². The van der Waals surface area contributed by atoms with Gasteiger partial charge in [0.25, 0.3) is 22.2 Å². The Morgan fingerprint density at radius 3 is 1.35 bits per heavy atom. The highest BCUT2D eigenvalue weighted by Crippen LogP contribution is 2.62. The zero-order valence-corrected chi connectivity index (χ0v) is 19.7. The number of fused-ring (bicyclic) bond motifs is 6. The third-order valence-electron chi connectivity index (χ3n) is 6.58. The summed E-state index contributed by atoms with van der Waals surface area (Å²) in [6, 6.07) is 1.79. The lowest BCUT2D eigenvalue weighted by Crippen LogP contribution is -2.72. The smallest absolute Gasteiger partial charge is 0.288 e. The third kappa shape index (κ3) is 3.91. The molecule has 43 heavy (non-hydrogen) atoms. The fourth-order valence-corrected chi connectivity index (χ4v) is 4.40. The van der Waals surface area contributed by atoms with Crippen LogP contribution in [-0.2, 0) is 6.42 Å². The molecule has 0 amide bonds. The molecule has 0 unspecified atom stereocenters. The summed E-state index contributed by atoms with van der Waals surface area (Å²) < 4.78 is 204. The molecule has 2 N–H and O–H groups in total. The predicted octanol–water partition coefficient (Wildman–Crippen LogP) is 5.04. The van der Waals surface area contributed by atoms with Gasteiger partial charge >= 0.3 is 41.7 Å². The molecular formula is C22H7F15N2O4. The molecule has 0 aliphatic heterocycles. The lowest BCUT2D eigenvalue weighted by atomic mass is 9.87. The number of H-pyrrole nitrogens is 2. The van der Waals surface area contributed by atoms with E-state index in [0.717, 1.165) is 12.1 Å². The summed E-state index contributed by atoms with van der Waals surface area (Å²) in [5.41, 5.74) is -7.54. The van der Waals surface area contributed by atoms with Crippen molar-refractivity contribution in [1.82, 2.24) is 9.97 Å². The Morgan fingerprint density at radius 1 is 0.465 bits per heavy atom. The van der Waals surface area contributed by atoms with Crippen molar-refractivity contribution >= 4 is 32.3 Å². The summed E-state index contributed by atoms with van der Waals surface area (Å²) in [6.45, 7) is 0. The van der Waals surface area contributed by atoms with Gasteiger partial charge in [-0.15, -0.1) is 0 Å². The standard InChI is InChI=1S/C22H7F15N2O4/c23-16(24,17(25,26)18(27,28)19(29,30)20(31,32)21(33,34)22(35,36)37)4-5-3-8-10-6-1-2-7(13(41)38-12(6)40)11(10)9(5)15(43)39-14(8)42/h1-3H,4H2,(H,38,40,41)(H,39,42,43). The van der Waals surface area contributed by atoms with Crippen LogP contribution in [0.5, 0.6) is 0 Å². The number of alkyl halides is 15. The van der Waals surface area contributed by atoms with E-state index < -0.39 is 108 Å². The summed E-state index contributed by atoms with van der Waals surface area (Å²) >= 11 is 0. The zero-order valence-electron chi connectivity index (χ0n) is 19.7. The van der Waals surface area contributed by atoms with Crippen molar-refractivity contribution < 1.29 is 65.9 Å². The van der Waals surface area contributed by atoms with Crippen molar-refractivity contribution in [2.24, 2.45) is 0 Å². The minimum atomic E-state index is -8.51. The lowest BCUT2D eigenvalue weighted by Gasteiger charge is -2.41. The normalized spacial score (nSPS) is 14.9. The summed E-state index contributed by atoms with van der Waals surface area (Å²) in [7, 11) is 0. The van der Waals surface area contributed by atoms with Gasteiger partial charge in [0.1, 0.15) is 0 Å². The first-order valence-corrected chi connectivity index (χ1v) is 10.8. The Hall–Kier alpha value is -4.07. The van der Waals surface area contributed by atoms with Gasteiger partial charge in [-0.2, -0.15) is 65.9 Å². The van der Waals surface area contributed by atoms with Gasteiger partial charge in [-0.1, -0.05) is 0 Å². The van der Waals surface area contributed by atoms with Crippen LogP contribution in [0, 0.1) is 0 Å². The molecule has 0 radical (unpaired) electrons. The first-order valence-electron chi connectivity index (χ1n) is 10.8. The van der Waals surface area contributed by atoms with Gasteiger partial charge in [-0.05, 0) is 23.8 Å². The molecule has 0 atom stereocenters. The summed E-state index contributed by atoms with van der Waals surface area (Å²) in [5.74, 6) is -48.1. The fourth-order valence-electron chi connectivity index (χ4n) is 4.40. The monoisotopic (exact) mass is 648 g/mol. The Kier molecular flexibility index (Phi) is 6.48. The van der Waals surface area contributed by atoms with E-state index >= 15 is 0 Å². The van der Waals surface area contributed by atoms with Crippen molar-refractivity contribution in [2.45, 2.75) is 48.1 Å². The highest BCUT2D eigenvalue weighted by atomic mass is 19.4. The number of nitrogens with one attached hydrogen (secondary N) is 2. The summed E-state index contributed by atoms with van der Waals surface area (Å²) in [5, 5.41) is -5.19. The van der Waals surface area contributed by atoms with Crippen LogP contribution in [0.3, 0.4) is 0 Å². The van der Waals surface area contributed by atoms with Gasteiger partial charge in [-0.25, -0.2) is 0 Å². The van der Waals surface area contributed by atoms with E-state index in [0.29, 0.717) is 0 Å². The third-order valence-corrected chi connectivity index (χ3v) is 6.58. The molecule has 4 aromatic heterocycles. The number of aromatic nitrogens is 2. The second kappa shape index (κ2) is 8.74. The van der Waals surface area contributed by atoms with Crippen molar-refractivity contribution in [1.29, 1.82) is 0 Å². The maximum absolute atomic E-state index is 14.8. The number of hydrogen-bond donors (Lipinski definition) is 2. The number of hydrogen-bond acceptors (Lipinski definition) is 4. The molecule has 6 aromatic rings. The second-order valence-corrected chi connectivity index (χ2v) is 9.19. The highest BCUT2D eigenvalue weighted by molar-refractivity contribution is 6.23. The first kappa shape index (κ1) is 31.9.